The van der Waals surface area contributed by atoms with Crippen LogP contribution < -0.4 is 4.74 Å². The van der Waals surface area contributed by atoms with Crippen LogP contribution in [0.25, 0.3) is 0 Å². The average molecular weight is 289 g/mol. The van der Waals surface area contributed by atoms with Crippen LogP contribution in [-0.2, 0) is 0 Å². The molecule has 5 nitrogen and oxygen atoms in total. The van der Waals surface area contributed by atoms with Crippen molar-refractivity contribution in [1.29, 1.82) is 0 Å². The van der Waals surface area contributed by atoms with Gasteiger partial charge in [-0.25, -0.2) is 4.39 Å². The van der Waals surface area contributed by atoms with Crippen molar-refractivity contribution in [3.63, 3.8) is 0 Å². The third-order valence-corrected chi connectivity index (χ3v) is 2.91. The fraction of sp³-hybridized carbons (Fsp3) is 0.133. The van der Waals surface area contributed by atoms with Crippen molar-refractivity contribution in [2.75, 3.05) is 6.61 Å². The third kappa shape index (κ3) is 3.62. The highest BCUT2D eigenvalue weighted by molar-refractivity contribution is 5.97. The molecule has 0 amide bonds. The lowest BCUT2D eigenvalue weighted by Gasteiger charge is -2.08. The molecule has 0 aliphatic heterocycles. The molecule has 0 radical (unpaired) electrons. The molecule has 108 valence electrons. The topological polar surface area (TPSA) is 69.4 Å². The van der Waals surface area contributed by atoms with Crippen LogP contribution in [0.5, 0.6) is 5.75 Å². The number of nitro benzene ring substituents is 1. The van der Waals surface area contributed by atoms with Crippen molar-refractivity contribution in [2.45, 2.75) is 6.92 Å². The van der Waals surface area contributed by atoms with Crippen LogP contribution in [0.15, 0.2) is 42.5 Å². The summed E-state index contributed by atoms with van der Waals surface area (Å²) in [5.74, 6) is -0.489. The smallest absolute Gasteiger partial charge is 0.269 e. The predicted octanol–water partition coefficient (Wildman–Crippen LogP) is 3.30. The molecular formula is C15H12FNO4. The number of benzene rings is 2. The molecule has 6 heteroatoms. The highest BCUT2D eigenvalue weighted by atomic mass is 19.1. The number of ether oxygens (including phenoxy) is 1. The van der Waals surface area contributed by atoms with E-state index in [4.69, 9.17) is 4.74 Å². The highest BCUT2D eigenvalue weighted by Crippen LogP contribution is 2.19. The molecule has 0 bridgehead atoms. The first kappa shape index (κ1) is 14.6. The molecule has 0 fully saturated rings. The maximum absolute atomic E-state index is 13.1. The SMILES string of the molecule is Cc1ccc(F)cc1OCC(=O)c1ccc([N+](=O)[O-])cc1. The zero-order chi connectivity index (χ0) is 15.4. The second-order valence-corrected chi connectivity index (χ2v) is 4.43. The lowest BCUT2D eigenvalue weighted by molar-refractivity contribution is -0.384. The number of nitrogens with zero attached hydrogens (tertiary/aromatic N) is 1. The third-order valence-electron chi connectivity index (χ3n) is 2.91. The van der Waals surface area contributed by atoms with Gasteiger partial charge in [0.25, 0.3) is 5.69 Å². The maximum atomic E-state index is 13.1. The zero-order valence-electron chi connectivity index (χ0n) is 11.2. The van der Waals surface area contributed by atoms with Gasteiger partial charge in [-0.2, -0.15) is 0 Å². The summed E-state index contributed by atoms with van der Waals surface area (Å²) in [6.45, 7) is 1.48. The Balaban J connectivity index is 2.04. The number of ketones is 1. The molecular weight excluding hydrogens is 277 g/mol. The number of non-ortho nitro benzene ring substituents is 1. The van der Waals surface area contributed by atoms with Crippen molar-refractivity contribution in [3.8, 4) is 5.75 Å². The van der Waals surface area contributed by atoms with Gasteiger partial charge in [-0.05, 0) is 30.7 Å². The Morgan fingerprint density at radius 3 is 2.52 bits per heavy atom. The van der Waals surface area contributed by atoms with Gasteiger partial charge < -0.3 is 4.74 Å². The second-order valence-electron chi connectivity index (χ2n) is 4.43. The number of halogens is 1. The molecule has 2 rings (SSSR count). The van der Waals surface area contributed by atoms with Crippen molar-refractivity contribution >= 4 is 11.5 Å². The van der Waals surface area contributed by atoms with Crippen molar-refractivity contribution in [1.82, 2.24) is 0 Å². The Hall–Kier alpha value is -2.76. The molecule has 0 saturated heterocycles. The lowest BCUT2D eigenvalue weighted by atomic mass is 10.1. The van der Waals surface area contributed by atoms with Crippen LogP contribution in [0, 0.1) is 22.9 Å². The van der Waals surface area contributed by atoms with E-state index in [0.717, 1.165) is 0 Å². The van der Waals surface area contributed by atoms with Gasteiger partial charge in [0.15, 0.2) is 12.4 Å². The number of nitro groups is 1. The first-order chi connectivity index (χ1) is 9.97. The number of carbonyl (C=O) groups excluding carboxylic acids is 1. The van der Waals surface area contributed by atoms with Gasteiger partial charge in [0.2, 0.25) is 0 Å². The van der Waals surface area contributed by atoms with Crippen LogP contribution in [0.2, 0.25) is 0 Å². The van der Waals surface area contributed by atoms with Gasteiger partial charge >= 0.3 is 0 Å². The molecule has 21 heavy (non-hydrogen) atoms. The van der Waals surface area contributed by atoms with Crippen LogP contribution in [0.4, 0.5) is 10.1 Å². The van der Waals surface area contributed by atoms with Crippen molar-refractivity contribution < 1.29 is 18.8 Å². The Morgan fingerprint density at radius 1 is 1.24 bits per heavy atom. The summed E-state index contributed by atoms with van der Waals surface area (Å²) >= 11 is 0. The average Bonchev–Trinajstić information content (AvgIpc) is 2.48. The first-order valence-corrected chi connectivity index (χ1v) is 6.14. The van der Waals surface area contributed by atoms with Crippen LogP contribution in [-0.4, -0.2) is 17.3 Å². The number of hydrogen-bond acceptors (Lipinski definition) is 4. The van der Waals surface area contributed by atoms with Crippen LogP contribution >= 0.6 is 0 Å². The van der Waals surface area contributed by atoms with E-state index in [2.05, 4.69) is 0 Å². The number of rotatable bonds is 5. The predicted molar refractivity (Wildman–Crippen MR) is 74.1 cm³/mol. The van der Waals surface area contributed by atoms with E-state index in [1.54, 1.807) is 13.0 Å². The molecule has 0 N–H and O–H groups in total. The summed E-state index contributed by atoms with van der Waals surface area (Å²) < 4.78 is 18.4. The summed E-state index contributed by atoms with van der Waals surface area (Å²) in [7, 11) is 0. The van der Waals surface area contributed by atoms with Crippen molar-refractivity contribution in [2.24, 2.45) is 0 Å². The van der Waals surface area contributed by atoms with E-state index >= 15 is 0 Å². The molecule has 0 unspecified atom stereocenters. The van der Waals surface area contributed by atoms with E-state index in [1.807, 2.05) is 0 Å². The normalized spacial score (nSPS) is 10.2. The minimum Gasteiger partial charge on any atom is -0.485 e. The fourth-order valence-corrected chi connectivity index (χ4v) is 1.73. The second kappa shape index (κ2) is 6.13. The molecule has 0 aliphatic carbocycles. The molecule has 0 saturated carbocycles. The van der Waals surface area contributed by atoms with Gasteiger partial charge in [0, 0.05) is 23.8 Å². The molecule has 2 aromatic rings. The lowest BCUT2D eigenvalue weighted by Crippen LogP contribution is -2.12. The number of Topliss-reactive ketones (excluding diaryl/α,β-unsaturated/α-hetero) is 1. The van der Waals surface area contributed by atoms with Gasteiger partial charge in [0.05, 0.1) is 4.92 Å². The van der Waals surface area contributed by atoms with Gasteiger partial charge in [-0.1, -0.05) is 6.07 Å². The fourth-order valence-electron chi connectivity index (χ4n) is 1.73. The Bertz CT molecular complexity index is 683. The molecule has 0 spiro atoms. The monoisotopic (exact) mass is 289 g/mol. The summed E-state index contributed by atoms with van der Waals surface area (Å²) in [6.07, 6.45) is 0. The Kier molecular flexibility index (Phi) is 4.27. The van der Waals surface area contributed by atoms with Crippen LogP contribution in [0.3, 0.4) is 0 Å². The minimum atomic E-state index is -0.541. The van der Waals surface area contributed by atoms with E-state index < -0.39 is 10.7 Å². The van der Waals surface area contributed by atoms with Crippen LogP contribution in [0.1, 0.15) is 15.9 Å². The Labute approximate surface area is 120 Å². The van der Waals surface area contributed by atoms with E-state index in [1.165, 1.54) is 36.4 Å². The summed E-state index contributed by atoms with van der Waals surface area (Å²) in [5, 5.41) is 10.5. The summed E-state index contributed by atoms with van der Waals surface area (Å²) in [6, 6.07) is 9.30. The van der Waals surface area contributed by atoms with Gasteiger partial charge in [-0.15, -0.1) is 0 Å². The van der Waals surface area contributed by atoms with Gasteiger partial charge in [-0.3, -0.25) is 14.9 Å². The van der Waals surface area contributed by atoms with Crippen molar-refractivity contribution in [3.05, 3.63) is 69.5 Å². The number of aryl methyl sites for hydroxylation is 1. The molecule has 0 aliphatic rings. The first-order valence-electron chi connectivity index (χ1n) is 6.14. The standard InChI is InChI=1S/C15H12FNO4/c1-10-2-5-12(16)8-15(10)21-9-14(18)11-3-6-13(7-4-11)17(19)20/h2-8H,9H2,1H3. The molecule has 0 heterocycles. The van der Waals surface area contributed by atoms with E-state index in [9.17, 15) is 19.3 Å². The zero-order valence-corrected chi connectivity index (χ0v) is 11.2. The molecule has 0 atom stereocenters. The van der Waals surface area contributed by atoms with Gasteiger partial charge in [0.1, 0.15) is 11.6 Å². The molecule has 2 aromatic carbocycles. The summed E-state index contributed by atoms with van der Waals surface area (Å²) in [4.78, 5) is 21.9. The number of carbonyl (C=O) groups is 1. The highest BCUT2D eigenvalue weighted by Gasteiger charge is 2.11. The van der Waals surface area contributed by atoms with E-state index in [0.29, 0.717) is 16.9 Å². The summed E-state index contributed by atoms with van der Waals surface area (Å²) in [5.41, 5.74) is 0.927. The minimum absolute atomic E-state index is 0.0894. The maximum Gasteiger partial charge on any atom is 0.269 e. The quantitative estimate of drug-likeness (QED) is 0.481. The Morgan fingerprint density at radius 2 is 1.90 bits per heavy atom. The number of hydrogen-bond donors (Lipinski definition) is 0. The largest absolute Gasteiger partial charge is 0.485 e. The molecule has 0 aromatic heterocycles. The van der Waals surface area contributed by atoms with E-state index in [-0.39, 0.29) is 18.1 Å².